The number of benzene rings is 2. The van der Waals surface area contributed by atoms with E-state index in [0.717, 1.165) is 31.6 Å². The summed E-state index contributed by atoms with van der Waals surface area (Å²) in [6.45, 7) is 3.20. The lowest BCUT2D eigenvalue weighted by atomic mass is 10.00. The number of aromatic nitrogens is 1. The average Bonchev–Trinajstić information content (AvgIpc) is 3.09. The van der Waals surface area contributed by atoms with Crippen LogP contribution in [0, 0.1) is 0 Å². The van der Waals surface area contributed by atoms with Crippen molar-refractivity contribution in [2.75, 3.05) is 19.6 Å². The van der Waals surface area contributed by atoms with Gasteiger partial charge in [0.15, 0.2) is 5.76 Å². The summed E-state index contributed by atoms with van der Waals surface area (Å²) in [4.78, 5) is 26.5. The summed E-state index contributed by atoms with van der Waals surface area (Å²) in [5.41, 5.74) is 3.58. The first-order chi connectivity index (χ1) is 13.7. The van der Waals surface area contributed by atoms with E-state index in [9.17, 15) is 9.59 Å². The number of hydrogen-bond acceptors (Lipinski definition) is 4. The minimum atomic E-state index is -0.526. The molecular weight excluding hydrogens is 354 g/mol. The number of hydrogen-bond donors (Lipinski definition) is 1. The molecule has 6 heteroatoms. The number of fused-ring (bicyclic) bond motifs is 1. The number of carbonyl (C=O) groups is 1. The number of rotatable bonds is 6. The Bertz CT molecular complexity index is 1010. The van der Waals surface area contributed by atoms with E-state index in [-0.39, 0.29) is 12.5 Å². The molecule has 1 aliphatic heterocycles. The summed E-state index contributed by atoms with van der Waals surface area (Å²) < 4.78 is 6.55. The SMILES string of the molecule is O=C(Cn1cc(-c2ccccc2)oc1=O)NCCN1CCc2ccccc2C1. The highest BCUT2D eigenvalue weighted by Gasteiger charge is 2.16. The van der Waals surface area contributed by atoms with Crippen molar-refractivity contribution >= 4 is 5.91 Å². The van der Waals surface area contributed by atoms with Gasteiger partial charge >= 0.3 is 5.76 Å². The molecule has 1 aliphatic rings. The van der Waals surface area contributed by atoms with Crippen molar-refractivity contribution in [3.05, 3.63) is 82.5 Å². The van der Waals surface area contributed by atoms with Gasteiger partial charge in [-0.05, 0) is 17.5 Å². The van der Waals surface area contributed by atoms with Crippen LogP contribution < -0.4 is 11.1 Å². The highest BCUT2D eigenvalue weighted by atomic mass is 16.4. The van der Waals surface area contributed by atoms with Crippen LogP contribution in [0.5, 0.6) is 0 Å². The third-order valence-electron chi connectivity index (χ3n) is 5.04. The second-order valence-corrected chi connectivity index (χ2v) is 7.00. The van der Waals surface area contributed by atoms with Crippen molar-refractivity contribution in [1.29, 1.82) is 0 Å². The zero-order valence-corrected chi connectivity index (χ0v) is 15.6. The van der Waals surface area contributed by atoms with E-state index in [0.29, 0.717) is 12.3 Å². The molecule has 1 N–H and O–H groups in total. The van der Waals surface area contributed by atoms with Gasteiger partial charge in [0.2, 0.25) is 5.91 Å². The maximum Gasteiger partial charge on any atom is 0.419 e. The summed E-state index contributed by atoms with van der Waals surface area (Å²) in [6, 6.07) is 17.9. The summed E-state index contributed by atoms with van der Waals surface area (Å²) in [7, 11) is 0. The first kappa shape index (κ1) is 18.3. The molecule has 4 rings (SSSR count). The van der Waals surface area contributed by atoms with Gasteiger partial charge in [0.25, 0.3) is 0 Å². The van der Waals surface area contributed by atoms with Crippen molar-refractivity contribution in [3.63, 3.8) is 0 Å². The van der Waals surface area contributed by atoms with E-state index in [1.54, 1.807) is 6.20 Å². The van der Waals surface area contributed by atoms with E-state index in [2.05, 4.69) is 34.5 Å². The van der Waals surface area contributed by atoms with Gasteiger partial charge in [-0.3, -0.25) is 14.3 Å². The summed E-state index contributed by atoms with van der Waals surface area (Å²) in [5.74, 6) is -0.257. The molecule has 0 fully saturated rings. The van der Waals surface area contributed by atoms with Crippen LogP contribution in [0.3, 0.4) is 0 Å². The van der Waals surface area contributed by atoms with Crippen molar-refractivity contribution in [1.82, 2.24) is 14.8 Å². The first-order valence-electron chi connectivity index (χ1n) is 9.50. The number of amides is 1. The van der Waals surface area contributed by atoms with Crippen LogP contribution in [0.25, 0.3) is 11.3 Å². The molecule has 0 saturated heterocycles. The van der Waals surface area contributed by atoms with Gasteiger partial charge in [0.1, 0.15) is 6.54 Å². The van der Waals surface area contributed by atoms with E-state index >= 15 is 0 Å². The van der Waals surface area contributed by atoms with Gasteiger partial charge in [0.05, 0.1) is 6.20 Å². The average molecular weight is 377 g/mol. The number of carbonyl (C=O) groups excluding carboxylic acids is 1. The molecule has 6 nitrogen and oxygen atoms in total. The maximum absolute atomic E-state index is 12.2. The zero-order chi connectivity index (χ0) is 19.3. The van der Waals surface area contributed by atoms with Crippen molar-refractivity contribution < 1.29 is 9.21 Å². The lowest BCUT2D eigenvalue weighted by Gasteiger charge is -2.28. The molecule has 0 aliphatic carbocycles. The van der Waals surface area contributed by atoms with E-state index in [4.69, 9.17) is 4.42 Å². The smallest absolute Gasteiger partial charge is 0.408 e. The van der Waals surface area contributed by atoms with Crippen molar-refractivity contribution in [3.8, 4) is 11.3 Å². The van der Waals surface area contributed by atoms with Crippen LogP contribution in [0.15, 0.2) is 70.0 Å². The molecule has 0 bridgehead atoms. The van der Waals surface area contributed by atoms with Crippen LogP contribution in [0.2, 0.25) is 0 Å². The Morgan fingerprint density at radius 3 is 2.61 bits per heavy atom. The summed E-state index contributed by atoms with van der Waals surface area (Å²) in [5, 5.41) is 2.90. The number of oxazole rings is 1. The van der Waals surface area contributed by atoms with Gasteiger partial charge in [-0.2, -0.15) is 0 Å². The van der Waals surface area contributed by atoms with E-state index in [1.807, 2.05) is 30.3 Å². The fraction of sp³-hybridized carbons (Fsp3) is 0.273. The molecule has 1 aromatic heterocycles. The van der Waals surface area contributed by atoms with Gasteiger partial charge < -0.3 is 9.73 Å². The van der Waals surface area contributed by atoms with Crippen molar-refractivity contribution in [2.24, 2.45) is 0 Å². The number of nitrogens with one attached hydrogen (secondary N) is 1. The van der Waals surface area contributed by atoms with Crippen LogP contribution in [0.1, 0.15) is 11.1 Å². The molecule has 0 radical (unpaired) electrons. The molecule has 3 aromatic rings. The van der Waals surface area contributed by atoms with Crippen LogP contribution in [0.4, 0.5) is 0 Å². The largest absolute Gasteiger partial charge is 0.419 e. The fourth-order valence-electron chi connectivity index (χ4n) is 3.53. The fourth-order valence-corrected chi connectivity index (χ4v) is 3.53. The third-order valence-corrected chi connectivity index (χ3v) is 5.04. The second-order valence-electron chi connectivity index (χ2n) is 7.00. The Morgan fingerprint density at radius 2 is 1.79 bits per heavy atom. The second kappa shape index (κ2) is 8.27. The van der Waals surface area contributed by atoms with Gasteiger partial charge in [-0.25, -0.2) is 4.79 Å². The molecule has 144 valence electrons. The highest BCUT2D eigenvalue weighted by molar-refractivity contribution is 5.75. The Kier molecular flexibility index (Phi) is 5.39. The van der Waals surface area contributed by atoms with Gasteiger partial charge in [-0.15, -0.1) is 0 Å². The van der Waals surface area contributed by atoms with Crippen LogP contribution >= 0.6 is 0 Å². The van der Waals surface area contributed by atoms with E-state index < -0.39 is 5.76 Å². The van der Waals surface area contributed by atoms with Crippen LogP contribution in [-0.2, 0) is 24.3 Å². The Hall–Kier alpha value is -3.12. The Morgan fingerprint density at radius 1 is 1.04 bits per heavy atom. The first-order valence-corrected chi connectivity index (χ1v) is 9.50. The maximum atomic E-state index is 12.2. The van der Waals surface area contributed by atoms with E-state index in [1.165, 1.54) is 15.7 Å². The lowest BCUT2D eigenvalue weighted by molar-refractivity contribution is -0.121. The molecule has 0 spiro atoms. The molecule has 1 amide bonds. The third kappa shape index (κ3) is 4.23. The quantitative estimate of drug-likeness (QED) is 0.716. The molecule has 2 aromatic carbocycles. The lowest BCUT2D eigenvalue weighted by Crippen LogP contribution is -2.39. The highest BCUT2D eigenvalue weighted by Crippen LogP contribution is 2.18. The molecule has 28 heavy (non-hydrogen) atoms. The normalized spacial score (nSPS) is 13.9. The minimum Gasteiger partial charge on any atom is -0.408 e. The topological polar surface area (TPSA) is 67.5 Å². The van der Waals surface area contributed by atoms with Crippen LogP contribution in [-0.4, -0.2) is 35.0 Å². The van der Waals surface area contributed by atoms with Gasteiger partial charge in [0, 0.05) is 31.7 Å². The molecule has 0 unspecified atom stereocenters. The standard InChI is InChI=1S/C22H23N3O3/c26-21(16-25-15-20(28-22(25)27)18-7-2-1-3-8-18)23-11-13-24-12-10-17-6-4-5-9-19(17)14-24/h1-9,15H,10-14,16H2,(H,23,26). The predicted octanol–water partition coefficient (Wildman–Crippen LogP) is 2.28. The minimum absolute atomic E-state index is 0.0437. The number of nitrogens with zero attached hydrogens (tertiary/aromatic N) is 2. The van der Waals surface area contributed by atoms with Gasteiger partial charge in [-0.1, -0.05) is 54.6 Å². The monoisotopic (exact) mass is 377 g/mol. The Labute approximate surface area is 163 Å². The molecule has 0 atom stereocenters. The molecule has 0 saturated carbocycles. The Balaban J connectivity index is 1.28. The molecular formula is C22H23N3O3. The zero-order valence-electron chi connectivity index (χ0n) is 15.6. The molecule has 2 heterocycles. The summed E-state index contributed by atoms with van der Waals surface area (Å²) in [6.07, 6.45) is 2.62. The predicted molar refractivity (Wildman–Crippen MR) is 107 cm³/mol. The van der Waals surface area contributed by atoms with Crippen molar-refractivity contribution in [2.45, 2.75) is 19.5 Å². The summed E-state index contributed by atoms with van der Waals surface area (Å²) >= 11 is 0.